The monoisotopic (exact) mass is 287 g/mol. The normalized spacial score (nSPS) is 23.7. The Morgan fingerprint density at radius 3 is 2.73 bits per heavy atom. The average molecular weight is 287 g/mol. The summed E-state index contributed by atoms with van der Waals surface area (Å²) in [6, 6.07) is 0.608. The second-order valence-corrected chi connectivity index (χ2v) is 3.81. The summed E-state index contributed by atoms with van der Waals surface area (Å²) in [5.74, 6) is 1.17. The Kier molecular flexibility index (Phi) is 5.72. The fourth-order valence-electron chi connectivity index (χ4n) is 1.21. The minimum Gasteiger partial charge on any atom is -1.00 e. The van der Waals surface area contributed by atoms with Gasteiger partial charge in [0.25, 0.3) is 0 Å². The summed E-state index contributed by atoms with van der Waals surface area (Å²) in [5.41, 5.74) is 0. The van der Waals surface area contributed by atoms with E-state index in [1.165, 1.54) is 10.8 Å². The van der Waals surface area contributed by atoms with Crippen LogP contribution in [0.2, 0.25) is 0 Å². The molecule has 1 unspecified atom stereocenters. The molecule has 11 heavy (non-hydrogen) atoms. The molecule has 0 radical (unpaired) electrons. The summed E-state index contributed by atoms with van der Waals surface area (Å²) in [7, 11) is 0. The van der Waals surface area contributed by atoms with E-state index < -0.39 is 0 Å². The van der Waals surface area contributed by atoms with E-state index in [-0.39, 0.29) is 30.6 Å². The minimum atomic E-state index is 0. The summed E-state index contributed by atoms with van der Waals surface area (Å²) < 4.78 is 2.25. The molecular formula is C7H14INOS. The first-order chi connectivity index (χ1) is 4.75. The van der Waals surface area contributed by atoms with Gasteiger partial charge in [0.2, 0.25) is 5.04 Å². The van der Waals surface area contributed by atoms with Crippen molar-refractivity contribution in [2.45, 2.75) is 19.9 Å². The quantitative estimate of drug-likeness (QED) is 0.450. The van der Waals surface area contributed by atoms with Crippen LogP contribution in [0.1, 0.15) is 13.8 Å². The van der Waals surface area contributed by atoms with E-state index in [1.54, 1.807) is 0 Å². The third-order valence-electron chi connectivity index (χ3n) is 1.81. The zero-order valence-electron chi connectivity index (χ0n) is 6.88. The van der Waals surface area contributed by atoms with Crippen LogP contribution in [0.4, 0.5) is 0 Å². The molecule has 0 amide bonds. The van der Waals surface area contributed by atoms with Gasteiger partial charge in [0.15, 0.2) is 12.6 Å². The van der Waals surface area contributed by atoms with Crippen LogP contribution in [0.15, 0.2) is 0 Å². The lowest BCUT2D eigenvalue weighted by Gasteiger charge is -2.01. The first kappa shape index (κ1) is 11.7. The van der Waals surface area contributed by atoms with Gasteiger partial charge < -0.3 is 29.1 Å². The van der Waals surface area contributed by atoms with Gasteiger partial charge in [-0.1, -0.05) is 11.8 Å². The molecule has 66 valence electrons. The van der Waals surface area contributed by atoms with Crippen LogP contribution < -0.4 is 24.0 Å². The first-order valence-electron chi connectivity index (χ1n) is 3.59. The molecule has 0 aliphatic carbocycles. The number of rotatable bonds is 2. The molecule has 0 spiro atoms. The van der Waals surface area contributed by atoms with Crippen LogP contribution in [0.5, 0.6) is 0 Å². The molecule has 1 N–H and O–H groups in total. The van der Waals surface area contributed by atoms with Crippen LogP contribution in [0.25, 0.3) is 0 Å². The van der Waals surface area contributed by atoms with Gasteiger partial charge in [0, 0.05) is 6.92 Å². The standard InChI is InChI=1S/C7H14NOS.HI/c1-6-5-10-7(2)8(6)3-4-9;/h6,9H,3-5H2,1-2H3;1H/q+1;/p-1. The van der Waals surface area contributed by atoms with Crippen molar-refractivity contribution in [3.63, 3.8) is 0 Å². The Morgan fingerprint density at radius 1 is 1.73 bits per heavy atom. The molecule has 0 bridgehead atoms. The van der Waals surface area contributed by atoms with E-state index in [0.29, 0.717) is 6.04 Å². The van der Waals surface area contributed by atoms with E-state index in [2.05, 4.69) is 18.4 Å². The number of aliphatic hydroxyl groups excluding tert-OH is 1. The molecule has 2 nitrogen and oxygen atoms in total. The molecule has 0 aromatic carbocycles. The average Bonchev–Trinajstić information content (AvgIpc) is 2.20. The van der Waals surface area contributed by atoms with Gasteiger partial charge in [0.1, 0.15) is 6.61 Å². The number of hydrogen-bond donors (Lipinski definition) is 1. The molecule has 0 saturated heterocycles. The molecule has 0 aromatic rings. The lowest BCUT2D eigenvalue weighted by Crippen LogP contribution is -3.00. The molecule has 1 rings (SSSR count). The molecule has 0 aromatic heterocycles. The fraction of sp³-hybridized carbons (Fsp3) is 0.857. The number of nitrogens with zero attached hydrogens (tertiary/aromatic N) is 1. The van der Waals surface area contributed by atoms with Crippen molar-refractivity contribution in [2.75, 3.05) is 18.9 Å². The summed E-state index contributed by atoms with van der Waals surface area (Å²) in [6.45, 7) is 5.37. The Morgan fingerprint density at radius 2 is 2.36 bits per heavy atom. The van der Waals surface area contributed by atoms with E-state index in [1.807, 2.05) is 11.8 Å². The van der Waals surface area contributed by atoms with E-state index in [0.717, 1.165) is 6.54 Å². The number of thioether (sulfide) groups is 1. The first-order valence-corrected chi connectivity index (χ1v) is 4.58. The van der Waals surface area contributed by atoms with Gasteiger partial charge in [-0.2, -0.15) is 0 Å². The summed E-state index contributed by atoms with van der Waals surface area (Å²) >= 11 is 1.88. The maximum Gasteiger partial charge on any atom is 0.207 e. The minimum absolute atomic E-state index is 0. The van der Waals surface area contributed by atoms with Gasteiger partial charge in [0.05, 0.1) is 5.75 Å². The van der Waals surface area contributed by atoms with Crippen molar-refractivity contribution in [1.82, 2.24) is 0 Å². The molecule has 4 heteroatoms. The fourth-order valence-corrected chi connectivity index (χ4v) is 2.31. The van der Waals surface area contributed by atoms with E-state index in [4.69, 9.17) is 5.11 Å². The maximum atomic E-state index is 8.70. The van der Waals surface area contributed by atoms with Crippen LogP contribution in [0, 0.1) is 0 Å². The van der Waals surface area contributed by atoms with Crippen LogP contribution in [0.3, 0.4) is 0 Å². The SMILES string of the molecule is CC1=[N+](CCO)C(C)CS1.[I-]. The van der Waals surface area contributed by atoms with Crippen molar-refractivity contribution in [3.05, 3.63) is 0 Å². The van der Waals surface area contributed by atoms with Crippen LogP contribution in [-0.4, -0.2) is 39.7 Å². The lowest BCUT2D eigenvalue weighted by molar-refractivity contribution is -0.554. The van der Waals surface area contributed by atoms with Crippen molar-refractivity contribution >= 4 is 16.8 Å². The molecular weight excluding hydrogens is 273 g/mol. The molecule has 1 aliphatic heterocycles. The van der Waals surface area contributed by atoms with E-state index in [9.17, 15) is 0 Å². The Labute approximate surface area is 89.1 Å². The van der Waals surface area contributed by atoms with Gasteiger partial charge >= 0.3 is 0 Å². The van der Waals surface area contributed by atoms with Gasteiger partial charge in [-0.25, -0.2) is 4.58 Å². The van der Waals surface area contributed by atoms with Crippen molar-refractivity contribution in [1.29, 1.82) is 0 Å². The summed E-state index contributed by atoms with van der Waals surface area (Å²) in [4.78, 5) is 0. The topological polar surface area (TPSA) is 23.2 Å². The number of hydrogen-bond acceptors (Lipinski definition) is 2. The van der Waals surface area contributed by atoms with Crippen molar-refractivity contribution in [3.8, 4) is 0 Å². The van der Waals surface area contributed by atoms with E-state index >= 15 is 0 Å². The van der Waals surface area contributed by atoms with Gasteiger partial charge in [-0.05, 0) is 6.92 Å². The second-order valence-electron chi connectivity index (χ2n) is 2.60. The third-order valence-corrected chi connectivity index (χ3v) is 3.11. The Bertz CT molecular complexity index is 161. The summed E-state index contributed by atoms with van der Waals surface area (Å²) in [6.07, 6.45) is 0. The molecule has 1 heterocycles. The highest BCUT2D eigenvalue weighted by atomic mass is 127. The smallest absolute Gasteiger partial charge is 0.207 e. The highest BCUT2D eigenvalue weighted by Gasteiger charge is 2.26. The zero-order valence-corrected chi connectivity index (χ0v) is 9.85. The summed E-state index contributed by atoms with van der Waals surface area (Å²) in [5, 5.41) is 10.0. The Balaban J connectivity index is 0.000001000. The van der Waals surface area contributed by atoms with Gasteiger partial charge in [-0.15, -0.1) is 0 Å². The van der Waals surface area contributed by atoms with Crippen molar-refractivity contribution < 1.29 is 33.7 Å². The maximum absolute atomic E-state index is 8.70. The predicted molar refractivity (Wildman–Crippen MR) is 44.8 cm³/mol. The number of aliphatic hydroxyl groups is 1. The van der Waals surface area contributed by atoms with Crippen LogP contribution in [-0.2, 0) is 0 Å². The number of β-amino-alcohol motifs (C(OH)–C–C–N with tert-alkyl or cyclic N) is 1. The highest BCUT2D eigenvalue weighted by Crippen LogP contribution is 2.16. The second kappa shape index (κ2) is 5.37. The van der Waals surface area contributed by atoms with Gasteiger partial charge in [-0.3, -0.25) is 0 Å². The molecule has 1 atom stereocenters. The van der Waals surface area contributed by atoms with Crippen LogP contribution >= 0.6 is 11.8 Å². The van der Waals surface area contributed by atoms with Crippen molar-refractivity contribution in [2.24, 2.45) is 0 Å². The largest absolute Gasteiger partial charge is 1.00 e. The Hall–Kier alpha value is 0.710. The number of halogens is 1. The predicted octanol–water partition coefficient (Wildman–Crippen LogP) is -2.45. The third kappa shape index (κ3) is 2.91. The highest BCUT2D eigenvalue weighted by molar-refractivity contribution is 8.13. The zero-order chi connectivity index (χ0) is 7.56. The molecule has 0 fully saturated rings. The molecule has 0 saturated carbocycles. The lowest BCUT2D eigenvalue weighted by atomic mass is 10.3. The molecule has 1 aliphatic rings.